The van der Waals surface area contributed by atoms with Gasteiger partial charge in [-0.2, -0.15) is 0 Å². The lowest BCUT2D eigenvalue weighted by molar-refractivity contribution is -0.121. The Kier molecular flexibility index (Phi) is 5.69. The Morgan fingerprint density at radius 2 is 2.04 bits per heavy atom. The molecule has 1 aliphatic rings. The van der Waals surface area contributed by atoms with E-state index in [0.29, 0.717) is 0 Å². The van der Waals surface area contributed by atoms with Crippen LogP contribution in [0, 0.1) is 12.8 Å². The summed E-state index contributed by atoms with van der Waals surface area (Å²) in [5, 5.41) is 3.11. The average molecular weight is 387 g/mol. The standard InChI is InChI=1S/C20H23BrN2O/c1-15-12-18(21)9-10-19(15)22-20(24)17-8-5-11-23(14-17)13-16-6-3-2-4-7-16/h2-4,6-7,9-10,12,17H,5,8,11,13-14H2,1H3,(H,22,24). The molecule has 1 N–H and O–H groups in total. The molecule has 1 heterocycles. The van der Waals surface area contributed by atoms with Gasteiger partial charge in [0, 0.05) is 23.2 Å². The highest BCUT2D eigenvalue weighted by atomic mass is 79.9. The summed E-state index contributed by atoms with van der Waals surface area (Å²) in [4.78, 5) is 15.0. The Bertz CT molecular complexity index is 702. The second kappa shape index (κ2) is 7.95. The van der Waals surface area contributed by atoms with E-state index in [0.717, 1.165) is 48.2 Å². The third kappa shape index (κ3) is 4.46. The quantitative estimate of drug-likeness (QED) is 0.831. The maximum atomic E-state index is 12.7. The molecule has 0 aliphatic carbocycles. The molecule has 3 nitrogen and oxygen atoms in total. The molecule has 1 fully saturated rings. The molecule has 24 heavy (non-hydrogen) atoms. The number of carbonyl (C=O) groups excluding carboxylic acids is 1. The fraction of sp³-hybridized carbons (Fsp3) is 0.350. The highest BCUT2D eigenvalue weighted by Crippen LogP contribution is 2.23. The maximum Gasteiger partial charge on any atom is 0.228 e. The molecule has 4 heteroatoms. The number of amides is 1. The van der Waals surface area contributed by atoms with Gasteiger partial charge < -0.3 is 5.32 Å². The van der Waals surface area contributed by atoms with Gasteiger partial charge in [-0.25, -0.2) is 0 Å². The van der Waals surface area contributed by atoms with E-state index in [-0.39, 0.29) is 11.8 Å². The monoisotopic (exact) mass is 386 g/mol. The second-order valence-corrected chi connectivity index (χ2v) is 7.42. The van der Waals surface area contributed by atoms with Crippen LogP contribution in [-0.2, 0) is 11.3 Å². The Morgan fingerprint density at radius 3 is 2.79 bits per heavy atom. The Hall–Kier alpha value is -1.65. The van der Waals surface area contributed by atoms with Gasteiger partial charge in [0.2, 0.25) is 5.91 Å². The molecule has 1 saturated heterocycles. The molecule has 1 unspecified atom stereocenters. The number of carbonyl (C=O) groups is 1. The second-order valence-electron chi connectivity index (χ2n) is 6.51. The fourth-order valence-corrected chi connectivity index (χ4v) is 3.73. The number of rotatable bonds is 4. The fourth-order valence-electron chi connectivity index (χ4n) is 3.26. The number of aryl methyl sites for hydroxylation is 1. The van der Waals surface area contributed by atoms with Gasteiger partial charge in [-0.05, 0) is 55.6 Å². The molecule has 0 spiro atoms. The molecule has 0 saturated carbocycles. The number of anilines is 1. The smallest absolute Gasteiger partial charge is 0.228 e. The first-order valence-electron chi connectivity index (χ1n) is 8.45. The van der Waals surface area contributed by atoms with Crippen molar-refractivity contribution >= 4 is 27.5 Å². The molecular weight excluding hydrogens is 364 g/mol. The summed E-state index contributed by atoms with van der Waals surface area (Å²) in [7, 11) is 0. The van der Waals surface area contributed by atoms with Crippen molar-refractivity contribution in [3.05, 3.63) is 64.1 Å². The molecule has 2 aromatic rings. The van der Waals surface area contributed by atoms with E-state index < -0.39 is 0 Å². The number of hydrogen-bond donors (Lipinski definition) is 1. The average Bonchev–Trinajstić information content (AvgIpc) is 2.58. The maximum absolute atomic E-state index is 12.7. The van der Waals surface area contributed by atoms with E-state index in [1.165, 1.54) is 5.56 Å². The molecule has 0 aromatic heterocycles. The van der Waals surface area contributed by atoms with Crippen LogP contribution in [0.1, 0.15) is 24.0 Å². The molecule has 1 amide bonds. The lowest BCUT2D eigenvalue weighted by Crippen LogP contribution is -2.40. The first-order valence-corrected chi connectivity index (χ1v) is 9.24. The highest BCUT2D eigenvalue weighted by Gasteiger charge is 2.26. The Morgan fingerprint density at radius 1 is 1.25 bits per heavy atom. The Balaban J connectivity index is 1.60. The van der Waals surface area contributed by atoms with Crippen molar-refractivity contribution < 1.29 is 4.79 Å². The molecule has 126 valence electrons. The number of piperidine rings is 1. The van der Waals surface area contributed by atoms with Gasteiger partial charge in [-0.1, -0.05) is 46.3 Å². The van der Waals surface area contributed by atoms with E-state index >= 15 is 0 Å². The number of halogens is 1. The van der Waals surface area contributed by atoms with Crippen LogP contribution in [0.15, 0.2) is 53.0 Å². The van der Waals surface area contributed by atoms with Gasteiger partial charge in [0.05, 0.1) is 5.92 Å². The van der Waals surface area contributed by atoms with Crippen LogP contribution in [0.25, 0.3) is 0 Å². The minimum absolute atomic E-state index is 0.0607. The van der Waals surface area contributed by atoms with Crippen LogP contribution in [0.3, 0.4) is 0 Å². The van der Waals surface area contributed by atoms with Crippen LogP contribution < -0.4 is 5.32 Å². The number of hydrogen-bond acceptors (Lipinski definition) is 2. The lowest BCUT2D eigenvalue weighted by Gasteiger charge is -2.32. The van der Waals surface area contributed by atoms with Gasteiger partial charge in [0.25, 0.3) is 0 Å². The van der Waals surface area contributed by atoms with Gasteiger partial charge in [0.15, 0.2) is 0 Å². The number of nitrogens with zero attached hydrogens (tertiary/aromatic N) is 1. The van der Waals surface area contributed by atoms with Crippen molar-refractivity contribution in [3.63, 3.8) is 0 Å². The summed E-state index contributed by atoms with van der Waals surface area (Å²) in [6.45, 7) is 4.83. The summed E-state index contributed by atoms with van der Waals surface area (Å²) in [6, 6.07) is 16.4. The first-order chi connectivity index (χ1) is 11.6. The Labute approximate surface area is 152 Å². The minimum Gasteiger partial charge on any atom is -0.326 e. The summed E-state index contributed by atoms with van der Waals surface area (Å²) in [6.07, 6.45) is 2.04. The predicted octanol–water partition coefficient (Wildman–Crippen LogP) is 4.61. The highest BCUT2D eigenvalue weighted by molar-refractivity contribution is 9.10. The van der Waals surface area contributed by atoms with Crippen LogP contribution in [0.5, 0.6) is 0 Å². The summed E-state index contributed by atoms with van der Waals surface area (Å²) in [5.41, 5.74) is 3.29. The van der Waals surface area contributed by atoms with Crippen molar-refractivity contribution in [1.29, 1.82) is 0 Å². The predicted molar refractivity (Wildman–Crippen MR) is 102 cm³/mol. The van der Waals surface area contributed by atoms with Crippen molar-refractivity contribution in [3.8, 4) is 0 Å². The van der Waals surface area contributed by atoms with Crippen molar-refractivity contribution in [2.45, 2.75) is 26.3 Å². The molecule has 0 radical (unpaired) electrons. The zero-order chi connectivity index (χ0) is 16.9. The van der Waals surface area contributed by atoms with Crippen molar-refractivity contribution in [2.24, 2.45) is 5.92 Å². The van der Waals surface area contributed by atoms with Gasteiger partial charge in [-0.15, -0.1) is 0 Å². The van der Waals surface area contributed by atoms with E-state index in [4.69, 9.17) is 0 Å². The van der Waals surface area contributed by atoms with Gasteiger partial charge >= 0.3 is 0 Å². The first kappa shape index (κ1) is 17.2. The van der Waals surface area contributed by atoms with E-state index in [1.54, 1.807) is 0 Å². The molecular formula is C20H23BrN2O. The number of likely N-dealkylation sites (tertiary alicyclic amines) is 1. The topological polar surface area (TPSA) is 32.3 Å². The van der Waals surface area contributed by atoms with Crippen LogP contribution in [0.2, 0.25) is 0 Å². The third-order valence-corrected chi connectivity index (χ3v) is 5.06. The molecule has 2 aromatic carbocycles. The third-order valence-electron chi connectivity index (χ3n) is 4.57. The number of benzene rings is 2. The van der Waals surface area contributed by atoms with E-state index in [9.17, 15) is 4.79 Å². The molecule has 1 aliphatic heterocycles. The van der Waals surface area contributed by atoms with Crippen molar-refractivity contribution in [1.82, 2.24) is 4.90 Å². The van der Waals surface area contributed by atoms with E-state index in [2.05, 4.69) is 50.4 Å². The van der Waals surface area contributed by atoms with Gasteiger partial charge in [-0.3, -0.25) is 9.69 Å². The minimum atomic E-state index is 0.0607. The largest absolute Gasteiger partial charge is 0.326 e. The molecule has 0 bridgehead atoms. The van der Waals surface area contributed by atoms with Crippen molar-refractivity contribution in [2.75, 3.05) is 18.4 Å². The SMILES string of the molecule is Cc1cc(Br)ccc1NC(=O)C1CCCN(Cc2ccccc2)C1. The van der Waals surface area contributed by atoms with Crippen LogP contribution in [0.4, 0.5) is 5.69 Å². The molecule has 1 atom stereocenters. The summed E-state index contributed by atoms with van der Waals surface area (Å²) >= 11 is 3.46. The lowest BCUT2D eigenvalue weighted by atomic mass is 9.96. The number of nitrogens with one attached hydrogen (secondary N) is 1. The van der Waals surface area contributed by atoms with E-state index in [1.807, 2.05) is 31.2 Å². The zero-order valence-electron chi connectivity index (χ0n) is 14.0. The van der Waals surface area contributed by atoms with Crippen LogP contribution in [-0.4, -0.2) is 23.9 Å². The summed E-state index contributed by atoms with van der Waals surface area (Å²) in [5.74, 6) is 0.198. The van der Waals surface area contributed by atoms with Crippen LogP contribution >= 0.6 is 15.9 Å². The summed E-state index contributed by atoms with van der Waals surface area (Å²) < 4.78 is 1.03. The zero-order valence-corrected chi connectivity index (χ0v) is 15.6. The van der Waals surface area contributed by atoms with Gasteiger partial charge in [0.1, 0.15) is 0 Å². The normalized spacial score (nSPS) is 18.3. The molecule has 3 rings (SSSR count).